The molecule has 0 fully saturated rings. The summed E-state index contributed by atoms with van der Waals surface area (Å²) in [7, 11) is 1.25. The molecule has 1 aliphatic heterocycles. The lowest BCUT2D eigenvalue weighted by Gasteiger charge is -2.23. The second-order valence-electron chi connectivity index (χ2n) is 6.69. The maximum absolute atomic E-state index is 12.6. The zero-order valence-corrected chi connectivity index (χ0v) is 15.9. The van der Waals surface area contributed by atoms with Gasteiger partial charge in [0.05, 0.1) is 24.9 Å². The topological polar surface area (TPSA) is 89.9 Å². The number of pyridine rings is 1. The Hall–Kier alpha value is -3.43. The third kappa shape index (κ3) is 4.76. The van der Waals surface area contributed by atoms with E-state index in [4.69, 9.17) is 9.57 Å². The van der Waals surface area contributed by atoms with Crippen molar-refractivity contribution >= 4 is 17.6 Å². The first-order valence-electron chi connectivity index (χ1n) is 8.91. The molecular formula is C20H18F3N3O4. The number of carbonyl (C=O) groups is 2. The van der Waals surface area contributed by atoms with E-state index >= 15 is 0 Å². The Morgan fingerprint density at radius 1 is 1.20 bits per heavy atom. The highest BCUT2D eigenvalue weighted by molar-refractivity contribution is 6.00. The van der Waals surface area contributed by atoms with Gasteiger partial charge in [0.1, 0.15) is 5.69 Å². The van der Waals surface area contributed by atoms with Crippen molar-refractivity contribution in [3.05, 3.63) is 65.5 Å². The van der Waals surface area contributed by atoms with E-state index in [2.05, 4.69) is 15.5 Å². The van der Waals surface area contributed by atoms with E-state index in [1.54, 1.807) is 0 Å². The molecule has 0 saturated heterocycles. The Morgan fingerprint density at radius 3 is 2.53 bits per heavy atom. The molecule has 2 aromatic rings. The number of methoxy groups -OCH3 is 1. The second-order valence-corrected chi connectivity index (χ2v) is 6.69. The van der Waals surface area contributed by atoms with Crippen LogP contribution in [0.15, 0.2) is 53.8 Å². The predicted molar refractivity (Wildman–Crippen MR) is 99.6 cm³/mol. The van der Waals surface area contributed by atoms with Crippen LogP contribution in [0.25, 0.3) is 0 Å². The summed E-state index contributed by atoms with van der Waals surface area (Å²) in [5.41, 5.74) is -1.22. The summed E-state index contributed by atoms with van der Waals surface area (Å²) >= 11 is 0. The fourth-order valence-electron chi connectivity index (χ4n) is 3.01. The van der Waals surface area contributed by atoms with Crippen molar-refractivity contribution in [1.82, 2.24) is 10.3 Å². The highest BCUT2D eigenvalue weighted by atomic mass is 19.4. The smallest absolute Gasteiger partial charge is 0.433 e. The number of hydrogen-bond donors (Lipinski definition) is 1. The summed E-state index contributed by atoms with van der Waals surface area (Å²) < 4.78 is 42.6. The number of carbonyl (C=O) groups excluding carboxylic acids is 2. The zero-order chi connectivity index (χ0) is 21.8. The maximum atomic E-state index is 12.6. The number of nitrogens with one attached hydrogen (secondary N) is 1. The average Bonchev–Trinajstić information content (AvgIpc) is 3.15. The van der Waals surface area contributed by atoms with Crippen LogP contribution < -0.4 is 5.32 Å². The number of ether oxygens (including phenoxy) is 1. The Bertz CT molecular complexity index is 946. The van der Waals surface area contributed by atoms with Crippen LogP contribution in [0.5, 0.6) is 0 Å². The van der Waals surface area contributed by atoms with Crippen LogP contribution >= 0.6 is 0 Å². The van der Waals surface area contributed by atoms with Crippen LogP contribution in [-0.2, 0) is 27.0 Å². The lowest BCUT2D eigenvalue weighted by molar-refractivity contribution is -0.166. The monoisotopic (exact) mass is 421 g/mol. The first-order chi connectivity index (χ1) is 14.2. The first-order valence-corrected chi connectivity index (χ1v) is 8.91. The lowest BCUT2D eigenvalue weighted by atomic mass is 9.89. The second kappa shape index (κ2) is 8.52. The predicted octanol–water partition coefficient (Wildman–Crippen LogP) is 2.76. The Kier molecular flexibility index (Phi) is 6.04. The van der Waals surface area contributed by atoms with Gasteiger partial charge in [0.15, 0.2) is 0 Å². The molecule has 0 radical (unpaired) electrons. The van der Waals surface area contributed by atoms with Crippen LogP contribution in [-0.4, -0.2) is 41.8 Å². The van der Waals surface area contributed by atoms with Gasteiger partial charge in [-0.05, 0) is 17.7 Å². The van der Waals surface area contributed by atoms with Gasteiger partial charge in [-0.25, -0.2) is 4.79 Å². The normalized spacial score (nSPS) is 18.3. The van der Waals surface area contributed by atoms with Crippen molar-refractivity contribution in [2.75, 3.05) is 13.7 Å². The molecule has 1 aromatic carbocycles. The molecule has 7 nitrogen and oxygen atoms in total. The zero-order valence-electron chi connectivity index (χ0n) is 15.9. The molecule has 1 atom stereocenters. The number of hydrogen-bond acceptors (Lipinski definition) is 6. The summed E-state index contributed by atoms with van der Waals surface area (Å²) in [5, 5.41) is 6.44. The third-order valence-corrected chi connectivity index (χ3v) is 4.50. The van der Waals surface area contributed by atoms with E-state index in [9.17, 15) is 22.8 Å². The molecule has 2 heterocycles. The summed E-state index contributed by atoms with van der Waals surface area (Å²) in [5.74, 6) is -1.22. The van der Waals surface area contributed by atoms with Gasteiger partial charge in [0.2, 0.25) is 5.60 Å². The SMILES string of the molecule is COC(=O)C1(Cc2ccccc2)CC(CNC(=O)c2ccc(C(F)(F)F)nc2)=NO1. The molecule has 10 heteroatoms. The minimum Gasteiger partial charge on any atom is -0.466 e. The summed E-state index contributed by atoms with van der Waals surface area (Å²) in [6, 6.07) is 10.9. The highest BCUT2D eigenvalue weighted by Gasteiger charge is 2.47. The van der Waals surface area contributed by atoms with E-state index in [-0.39, 0.29) is 24.9 Å². The van der Waals surface area contributed by atoms with Crippen molar-refractivity contribution in [2.24, 2.45) is 5.16 Å². The van der Waals surface area contributed by atoms with Gasteiger partial charge in [-0.3, -0.25) is 9.78 Å². The number of benzene rings is 1. The minimum absolute atomic E-state index is 0.0361. The van der Waals surface area contributed by atoms with E-state index in [1.807, 2.05) is 30.3 Å². The van der Waals surface area contributed by atoms with Gasteiger partial charge in [0.25, 0.3) is 5.91 Å². The molecular weight excluding hydrogens is 403 g/mol. The van der Waals surface area contributed by atoms with Crippen LogP contribution in [0.2, 0.25) is 0 Å². The maximum Gasteiger partial charge on any atom is 0.433 e. The quantitative estimate of drug-likeness (QED) is 0.725. The number of alkyl halides is 3. The molecule has 1 aromatic heterocycles. The average molecular weight is 421 g/mol. The van der Waals surface area contributed by atoms with Gasteiger partial charge in [-0.2, -0.15) is 13.2 Å². The number of esters is 1. The van der Waals surface area contributed by atoms with Crippen molar-refractivity contribution in [3.8, 4) is 0 Å². The number of amides is 1. The van der Waals surface area contributed by atoms with Crippen LogP contribution in [0.1, 0.15) is 28.0 Å². The van der Waals surface area contributed by atoms with Crippen LogP contribution in [0.4, 0.5) is 13.2 Å². The fraction of sp³-hybridized carbons (Fsp3) is 0.300. The Balaban J connectivity index is 1.62. The molecule has 0 aliphatic carbocycles. The molecule has 3 rings (SSSR count). The minimum atomic E-state index is -4.58. The van der Waals surface area contributed by atoms with E-state index in [0.717, 1.165) is 23.9 Å². The van der Waals surface area contributed by atoms with Crippen molar-refractivity contribution in [3.63, 3.8) is 0 Å². The molecule has 1 aliphatic rings. The number of nitrogens with zero attached hydrogens (tertiary/aromatic N) is 2. The molecule has 0 spiro atoms. The molecule has 1 unspecified atom stereocenters. The van der Waals surface area contributed by atoms with Gasteiger partial charge < -0.3 is 14.9 Å². The van der Waals surface area contributed by atoms with Crippen LogP contribution in [0.3, 0.4) is 0 Å². The van der Waals surface area contributed by atoms with Crippen LogP contribution in [0, 0.1) is 0 Å². The van der Waals surface area contributed by atoms with Crippen molar-refractivity contribution < 1.29 is 32.3 Å². The lowest BCUT2D eigenvalue weighted by Crippen LogP contribution is -2.43. The highest BCUT2D eigenvalue weighted by Crippen LogP contribution is 2.30. The first kappa shape index (κ1) is 21.3. The van der Waals surface area contributed by atoms with Crippen molar-refractivity contribution in [1.29, 1.82) is 0 Å². The number of oxime groups is 1. The number of halogens is 3. The largest absolute Gasteiger partial charge is 0.466 e. The molecule has 0 bridgehead atoms. The fourth-order valence-corrected chi connectivity index (χ4v) is 3.01. The Morgan fingerprint density at radius 2 is 1.93 bits per heavy atom. The van der Waals surface area contributed by atoms with Gasteiger partial charge in [-0.1, -0.05) is 35.5 Å². The van der Waals surface area contributed by atoms with Gasteiger partial charge in [0, 0.05) is 19.0 Å². The standard InChI is InChI=1S/C20H18F3N3O4/c1-29-18(28)19(9-13-5-3-2-4-6-13)10-15(26-30-19)12-25-17(27)14-7-8-16(24-11-14)20(21,22)23/h2-8,11H,9-10,12H2,1H3,(H,25,27). The van der Waals surface area contributed by atoms with E-state index in [1.165, 1.54) is 7.11 Å². The van der Waals surface area contributed by atoms with Gasteiger partial charge >= 0.3 is 12.1 Å². The van der Waals surface area contributed by atoms with E-state index in [0.29, 0.717) is 5.71 Å². The molecule has 0 saturated carbocycles. The van der Waals surface area contributed by atoms with Crippen molar-refractivity contribution in [2.45, 2.75) is 24.6 Å². The number of aromatic nitrogens is 1. The van der Waals surface area contributed by atoms with E-state index < -0.39 is 29.3 Å². The summed E-state index contributed by atoms with van der Waals surface area (Å²) in [6.45, 7) is -0.0482. The molecule has 30 heavy (non-hydrogen) atoms. The van der Waals surface area contributed by atoms with Gasteiger partial charge in [-0.15, -0.1) is 0 Å². The molecule has 1 amide bonds. The summed E-state index contributed by atoms with van der Waals surface area (Å²) in [6.07, 6.45) is -3.41. The summed E-state index contributed by atoms with van der Waals surface area (Å²) in [4.78, 5) is 33.2. The number of rotatable bonds is 6. The molecule has 158 valence electrons. The molecule has 1 N–H and O–H groups in total. The third-order valence-electron chi connectivity index (χ3n) is 4.50. The Labute approximate surface area is 169 Å².